The van der Waals surface area contributed by atoms with Crippen molar-refractivity contribution in [3.63, 3.8) is 0 Å². The number of fused-ring (bicyclic) bond motifs is 1. The van der Waals surface area contributed by atoms with Gasteiger partial charge in [-0.1, -0.05) is 0 Å². The highest BCUT2D eigenvalue weighted by molar-refractivity contribution is 6.06. The van der Waals surface area contributed by atoms with E-state index in [0.717, 1.165) is 0 Å². The van der Waals surface area contributed by atoms with Crippen LogP contribution in [0.2, 0.25) is 0 Å². The molecule has 112 valence electrons. The summed E-state index contributed by atoms with van der Waals surface area (Å²) in [6.07, 6.45) is 1.23. The molecular formula is C13H15N3O5. The number of hydrogen-bond acceptors (Lipinski definition) is 6. The van der Waals surface area contributed by atoms with E-state index >= 15 is 0 Å². The van der Waals surface area contributed by atoms with Gasteiger partial charge in [0.1, 0.15) is 11.1 Å². The number of carbonyl (C=O) groups excluding carboxylic acids is 1. The number of carbonyl (C=O) groups is 1. The lowest BCUT2D eigenvalue weighted by Crippen LogP contribution is -2.50. The van der Waals surface area contributed by atoms with E-state index in [1.54, 1.807) is 6.92 Å². The minimum Gasteiger partial charge on any atom is -0.442 e. The highest BCUT2D eigenvalue weighted by Crippen LogP contribution is 2.23. The van der Waals surface area contributed by atoms with Crippen LogP contribution >= 0.6 is 0 Å². The first-order chi connectivity index (χ1) is 10.1. The number of furan rings is 1. The molecule has 1 amide bonds. The Kier molecular flexibility index (Phi) is 3.48. The van der Waals surface area contributed by atoms with Crippen molar-refractivity contribution in [3.05, 3.63) is 28.0 Å². The normalized spacial score (nSPS) is 19.1. The minimum atomic E-state index is -0.425. The number of aromatic amines is 1. The van der Waals surface area contributed by atoms with Gasteiger partial charge in [0.25, 0.3) is 11.5 Å². The molecule has 8 nitrogen and oxygen atoms in total. The Morgan fingerprint density at radius 1 is 1.62 bits per heavy atom. The molecule has 0 saturated carbocycles. The summed E-state index contributed by atoms with van der Waals surface area (Å²) in [5, 5.41) is 9.51. The molecule has 2 aromatic heterocycles. The Hall–Kier alpha value is -2.19. The molecule has 3 rings (SSSR count). The number of ether oxygens (including phenoxy) is 1. The van der Waals surface area contributed by atoms with Crippen LogP contribution in [-0.4, -0.2) is 58.3 Å². The number of nitrogens with zero attached hydrogens (tertiary/aromatic N) is 2. The topological polar surface area (TPSA) is 109 Å². The fraction of sp³-hybridized carbons (Fsp3) is 0.462. The van der Waals surface area contributed by atoms with Gasteiger partial charge in [-0.2, -0.15) is 0 Å². The molecule has 0 radical (unpaired) electrons. The summed E-state index contributed by atoms with van der Waals surface area (Å²) < 4.78 is 10.6. The Labute approximate surface area is 119 Å². The van der Waals surface area contributed by atoms with E-state index in [2.05, 4.69) is 9.97 Å². The fourth-order valence-electron chi connectivity index (χ4n) is 2.53. The molecule has 1 aliphatic rings. The zero-order chi connectivity index (χ0) is 15.0. The van der Waals surface area contributed by atoms with E-state index in [0.29, 0.717) is 18.9 Å². The third-order valence-electron chi connectivity index (χ3n) is 3.58. The van der Waals surface area contributed by atoms with E-state index in [9.17, 15) is 14.7 Å². The number of aromatic nitrogens is 2. The molecule has 1 fully saturated rings. The monoisotopic (exact) mass is 293 g/mol. The first-order valence-electron chi connectivity index (χ1n) is 6.60. The number of nitrogens with one attached hydrogen (secondary N) is 1. The smallest absolute Gasteiger partial charge is 0.262 e. The molecule has 3 heterocycles. The van der Waals surface area contributed by atoms with Crippen molar-refractivity contribution < 1.29 is 19.1 Å². The fourth-order valence-corrected chi connectivity index (χ4v) is 2.53. The maximum absolute atomic E-state index is 12.7. The first kappa shape index (κ1) is 13.8. The lowest BCUT2D eigenvalue weighted by atomic mass is 10.1. The van der Waals surface area contributed by atoms with Gasteiger partial charge in [-0.05, 0) is 6.92 Å². The Morgan fingerprint density at radius 3 is 3.19 bits per heavy atom. The lowest BCUT2D eigenvalue weighted by molar-refractivity contribution is -0.0183. The van der Waals surface area contributed by atoms with Crippen LogP contribution < -0.4 is 5.56 Å². The molecule has 1 aliphatic heterocycles. The van der Waals surface area contributed by atoms with Crippen LogP contribution in [0.5, 0.6) is 0 Å². The van der Waals surface area contributed by atoms with Gasteiger partial charge in [0, 0.05) is 6.54 Å². The number of hydrogen-bond donors (Lipinski definition) is 2. The largest absolute Gasteiger partial charge is 0.442 e. The highest BCUT2D eigenvalue weighted by Gasteiger charge is 2.32. The van der Waals surface area contributed by atoms with Gasteiger partial charge in [-0.15, -0.1) is 0 Å². The number of aryl methyl sites for hydroxylation is 1. The second kappa shape index (κ2) is 5.30. The van der Waals surface area contributed by atoms with E-state index in [4.69, 9.17) is 9.15 Å². The summed E-state index contributed by atoms with van der Waals surface area (Å²) in [5.74, 6) is -0.0190. The van der Waals surface area contributed by atoms with Gasteiger partial charge in [-0.25, -0.2) is 4.98 Å². The number of H-pyrrole nitrogens is 1. The molecule has 21 heavy (non-hydrogen) atoms. The van der Waals surface area contributed by atoms with Gasteiger partial charge < -0.3 is 24.1 Å². The molecule has 0 aromatic carbocycles. The van der Waals surface area contributed by atoms with E-state index in [1.807, 2.05) is 0 Å². The maximum atomic E-state index is 12.7. The predicted molar refractivity (Wildman–Crippen MR) is 72.1 cm³/mol. The van der Waals surface area contributed by atoms with Crippen molar-refractivity contribution in [2.24, 2.45) is 0 Å². The highest BCUT2D eigenvalue weighted by atomic mass is 16.5. The maximum Gasteiger partial charge on any atom is 0.262 e. The van der Waals surface area contributed by atoms with Gasteiger partial charge >= 0.3 is 0 Å². The summed E-state index contributed by atoms with van der Waals surface area (Å²) in [6, 6.07) is -0.425. The molecule has 2 N–H and O–H groups in total. The van der Waals surface area contributed by atoms with Crippen molar-refractivity contribution in [2.75, 3.05) is 26.4 Å². The third kappa shape index (κ3) is 2.22. The standard InChI is InChI=1S/C13H15N3O5/c1-7-9(10-11(18)14-6-15-12(10)21-7)13(19)16-2-3-20-5-8(16)4-17/h6,8,17H,2-5H2,1H3,(H,14,15,18). The third-order valence-corrected chi connectivity index (χ3v) is 3.58. The van der Waals surface area contributed by atoms with Crippen molar-refractivity contribution in [3.8, 4) is 0 Å². The van der Waals surface area contributed by atoms with Crippen LogP contribution in [0.1, 0.15) is 16.1 Å². The predicted octanol–water partition coefficient (Wildman–Crippen LogP) is -0.342. The molecular weight excluding hydrogens is 278 g/mol. The Morgan fingerprint density at radius 2 is 2.43 bits per heavy atom. The van der Waals surface area contributed by atoms with Gasteiger partial charge in [0.05, 0.1) is 37.8 Å². The van der Waals surface area contributed by atoms with Crippen molar-refractivity contribution >= 4 is 17.0 Å². The lowest BCUT2D eigenvalue weighted by Gasteiger charge is -2.34. The Balaban J connectivity index is 2.09. The quantitative estimate of drug-likeness (QED) is 0.784. The van der Waals surface area contributed by atoms with Crippen LogP contribution in [0.15, 0.2) is 15.5 Å². The summed E-state index contributed by atoms with van der Waals surface area (Å²) in [4.78, 5) is 32.6. The average molecular weight is 293 g/mol. The molecule has 8 heteroatoms. The van der Waals surface area contributed by atoms with Gasteiger partial charge in [0.2, 0.25) is 5.71 Å². The van der Waals surface area contributed by atoms with Crippen molar-refractivity contribution in [2.45, 2.75) is 13.0 Å². The van der Waals surface area contributed by atoms with Crippen LogP contribution in [0.4, 0.5) is 0 Å². The second-order valence-electron chi connectivity index (χ2n) is 4.85. The van der Waals surface area contributed by atoms with Crippen LogP contribution in [0, 0.1) is 6.92 Å². The zero-order valence-electron chi connectivity index (χ0n) is 11.5. The van der Waals surface area contributed by atoms with Crippen molar-refractivity contribution in [1.82, 2.24) is 14.9 Å². The summed E-state index contributed by atoms with van der Waals surface area (Å²) in [7, 11) is 0. The Bertz CT molecular complexity index is 735. The molecule has 1 atom stereocenters. The second-order valence-corrected chi connectivity index (χ2v) is 4.85. The van der Waals surface area contributed by atoms with Crippen LogP contribution in [0.3, 0.4) is 0 Å². The zero-order valence-corrected chi connectivity index (χ0v) is 11.5. The molecule has 0 bridgehead atoms. The van der Waals surface area contributed by atoms with Crippen LogP contribution in [-0.2, 0) is 4.74 Å². The average Bonchev–Trinajstić information content (AvgIpc) is 2.84. The molecule has 2 aromatic rings. The summed E-state index contributed by atoms with van der Waals surface area (Å²) in [5.41, 5.74) is -0.0953. The minimum absolute atomic E-state index is 0.133. The van der Waals surface area contributed by atoms with E-state index in [-0.39, 0.29) is 35.8 Å². The summed E-state index contributed by atoms with van der Waals surface area (Å²) in [6.45, 7) is 2.43. The van der Waals surface area contributed by atoms with Gasteiger partial charge in [-0.3, -0.25) is 9.59 Å². The molecule has 0 aliphatic carbocycles. The molecule has 1 saturated heterocycles. The molecule has 0 spiro atoms. The SMILES string of the molecule is Cc1oc2nc[nH]c(=O)c2c1C(=O)N1CCOCC1CO. The number of aliphatic hydroxyl groups excluding tert-OH is 1. The van der Waals surface area contributed by atoms with Gasteiger partial charge in [0.15, 0.2) is 0 Å². The van der Waals surface area contributed by atoms with Crippen molar-refractivity contribution in [1.29, 1.82) is 0 Å². The number of amides is 1. The first-order valence-corrected chi connectivity index (χ1v) is 6.60. The van der Waals surface area contributed by atoms with E-state index < -0.39 is 11.6 Å². The van der Waals surface area contributed by atoms with E-state index in [1.165, 1.54) is 11.2 Å². The molecule has 1 unspecified atom stereocenters. The number of rotatable bonds is 2. The number of morpholine rings is 1. The van der Waals surface area contributed by atoms with Crippen LogP contribution in [0.25, 0.3) is 11.1 Å². The number of aliphatic hydroxyl groups is 1. The summed E-state index contributed by atoms with van der Waals surface area (Å²) >= 11 is 0.